The van der Waals surface area contributed by atoms with Crippen LogP contribution in [0.5, 0.6) is 0 Å². The van der Waals surface area contributed by atoms with Crippen LogP contribution >= 0.6 is 0 Å². The van der Waals surface area contributed by atoms with E-state index in [1.807, 2.05) is 0 Å². The molecule has 1 fully saturated rings. The van der Waals surface area contributed by atoms with E-state index in [2.05, 4.69) is 44.7 Å². The van der Waals surface area contributed by atoms with Gasteiger partial charge in [0.2, 0.25) is 0 Å². The van der Waals surface area contributed by atoms with E-state index in [9.17, 15) is 0 Å². The Bertz CT molecular complexity index is 402. The molecule has 1 aromatic carbocycles. The highest BCUT2D eigenvalue weighted by Gasteiger charge is 2.28. The normalized spacial score (nSPS) is 24.7. The summed E-state index contributed by atoms with van der Waals surface area (Å²) >= 11 is 0. The van der Waals surface area contributed by atoms with E-state index in [0.717, 1.165) is 19.6 Å². The van der Waals surface area contributed by atoms with E-state index in [-0.39, 0.29) is 0 Å². The van der Waals surface area contributed by atoms with E-state index in [4.69, 9.17) is 5.73 Å². The second-order valence-corrected chi connectivity index (χ2v) is 5.99. The Kier molecular flexibility index (Phi) is 4.08. The summed E-state index contributed by atoms with van der Waals surface area (Å²) in [5, 5.41) is 0. The summed E-state index contributed by atoms with van der Waals surface area (Å²) in [4.78, 5) is 2.59. The van der Waals surface area contributed by atoms with Crippen LogP contribution in [0.3, 0.4) is 0 Å². The first-order chi connectivity index (χ1) is 8.51. The summed E-state index contributed by atoms with van der Waals surface area (Å²) in [6.45, 7) is 12.0. The molecule has 2 atom stereocenters. The molecule has 1 aliphatic rings. The van der Waals surface area contributed by atoms with Crippen molar-refractivity contribution in [3.05, 3.63) is 34.4 Å². The van der Waals surface area contributed by atoms with E-state index in [1.165, 1.54) is 28.7 Å². The Balaban J connectivity index is 2.15. The van der Waals surface area contributed by atoms with Gasteiger partial charge in [-0.15, -0.1) is 0 Å². The Hall–Kier alpha value is -0.860. The monoisotopic (exact) mass is 246 g/mol. The van der Waals surface area contributed by atoms with Crippen molar-refractivity contribution in [3.8, 4) is 0 Å². The number of likely N-dealkylation sites (tertiary alicyclic amines) is 1. The molecule has 2 heteroatoms. The molecular weight excluding hydrogens is 220 g/mol. The highest BCUT2D eigenvalue weighted by Crippen LogP contribution is 2.26. The average molecular weight is 246 g/mol. The fraction of sp³-hybridized carbons (Fsp3) is 0.625. The molecule has 2 unspecified atom stereocenters. The van der Waals surface area contributed by atoms with Crippen LogP contribution in [0.4, 0.5) is 0 Å². The molecule has 2 rings (SSSR count). The summed E-state index contributed by atoms with van der Waals surface area (Å²) in [6, 6.07) is 5.26. The summed E-state index contributed by atoms with van der Waals surface area (Å²) in [5.74, 6) is 0.686. The Morgan fingerprint density at radius 2 is 1.83 bits per heavy atom. The molecular formula is C16H26N2. The maximum absolute atomic E-state index is 5.80. The first-order valence-electron chi connectivity index (χ1n) is 7.02. The van der Waals surface area contributed by atoms with Crippen molar-refractivity contribution in [1.29, 1.82) is 0 Å². The van der Waals surface area contributed by atoms with Crippen LogP contribution in [0.25, 0.3) is 0 Å². The lowest BCUT2D eigenvalue weighted by atomic mass is 9.99. The summed E-state index contributed by atoms with van der Waals surface area (Å²) < 4.78 is 0. The molecule has 1 aromatic rings. The minimum Gasteiger partial charge on any atom is -0.330 e. The highest BCUT2D eigenvalue weighted by atomic mass is 15.2. The summed E-state index contributed by atoms with van der Waals surface area (Å²) in [5.41, 5.74) is 11.5. The molecule has 0 bridgehead atoms. The number of rotatable bonds is 3. The number of hydrogen-bond donors (Lipinski definition) is 1. The molecule has 0 aromatic heterocycles. The number of hydrogen-bond acceptors (Lipinski definition) is 2. The van der Waals surface area contributed by atoms with Gasteiger partial charge in [-0.25, -0.2) is 0 Å². The maximum Gasteiger partial charge on any atom is 0.0241 e. The Morgan fingerprint density at radius 1 is 1.22 bits per heavy atom. The number of benzene rings is 1. The quantitative estimate of drug-likeness (QED) is 0.888. The van der Waals surface area contributed by atoms with Gasteiger partial charge in [0.25, 0.3) is 0 Å². The van der Waals surface area contributed by atoms with Crippen molar-refractivity contribution in [2.24, 2.45) is 11.7 Å². The van der Waals surface area contributed by atoms with Gasteiger partial charge in [0.15, 0.2) is 0 Å². The van der Waals surface area contributed by atoms with Crippen LogP contribution in [-0.2, 0) is 6.54 Å². The molecule has 100 valence electrons. The smallest absolute Gasteiger partial charge is 0.0241 e. The van der Waals surface area contributed by atoms with Crippen molar-refractivity contribution in [2.75, 3.05) is 13.1 Å². The first kappa shape index (κ1) is 13.6. The predicted molar refractivity (Wildman–Crippen MR) is 77.7 cm³/mol. The minimum atomic E-state index is 0.665. The van der Waals surface area contributed by atoms with Gasteiger partial charge >= 0.3 is 0 Å². The van der Waals surface area contributed by atoms with Gasteiger partial charge in [-0.1, -0.05) is 17.7 Å². The third-order valence-corrected chi connectivity index (χ3v) is 4.33. The van der Waals surface area contributed by atoms with E-state index in [0.29, 0.717) is 12.0 Å². The molecule has 0 amide bonds. The first-order valence-corrected chi connectivity index (χ1v) is 7.02. The molecule has 1 heterocycles. The molecule has 0 aliphatic carbocycles. The van der Waals surface area contributed by atoms with Crippen LogP contribution < -0.4 is 5.73 Å². The van der Waals surface area contributed by atoms with E-state index < -0.39 is 0 Å². The van der Waals surface area contributed by atoms with Crippen LogP contribution in [0.1, 0.15) is 35.6 Å². The standard InChI is InChI=1S/C16H26N2/c1-11-5-12(2)16(13(3)6-11)10-18-9-15(8-17)7-14(18)4/h5-6,14-15H,7-10,17H2,1-4H3. The van der Waals surface area contributed by atoms with Crippen molar-refractivity contribution in [1.82, 2.24) is 4.90 Å². The molecule has 18 heavy (non-hydrogen) atoms. The van der Waals surface area contributed by atoms with Gasteiger partial charge < -0.3 is 5.73 Å². The molecule has 2 N–H and O–H groups in total. The molecule has 2 nitrogen and oxygen atoms in total. The fourth-order valence-corrected chi connectivity index (χ4v) is 3.27. The van der Waals surface area contributed by atoms with Gasteiger partial charge in [0.05, 0.1) is 0 Å². The molecule has 0 spiro atoms. The van der Waals surface area contributed by atoms with Crippen LogP contribution in [0, 0.1) is 26.7 Å². The predicted octanol–water partition coefficient (Wildman–Crippen LogP) is 2.78. The lowest BCUT2D eigenvalue weighted by Crippen LogP contribution is -2.28. The lowest BCUT2D eigenvalue weighted by molar-refractivity contribution is 0.255. The largest absolute Gasteiger partial charge is 0.330 e. The molecule has 0 saturated carbocycles. The van der Waals surface area contributed by atoms with Crippen LogP contribution in [0.2, 0.25) is 0 Å². The average Bonchev–Trinajstić information content (AvgIpc) is 2.64. The number of nitrogens with two attached hydrogens (primary N) is 1. The van der Waals surface area contributed by atoms with Gasteiger partial charge in [-0.05, 0) is 63.3 Å². The zero-order valence-electron chi connectivity index (χ0n) is 12.2. The minimum absolute atomic E-state index is 0.665. The van der Waals surface area contributed by atoms with E-state index in [1.54, 1.807) is 0 Å². The number of aryl methyl sites for hydroxylation is 3. The Morgan fingerprint density at radius 3 is 2.33 bits per heavy atom. The van der Waals surface area contributed by atoms with Gasteiger partial charge in [-0.3, -0.25) is 4.90 Å². The molecule has 1 saturated heterocycles. The summed E-state index contributed by atoms with van der Waals surface area (Å²) in [7, 11) is 0. The Labute approximate surface area is 111 Å². The maximum atomic E-state index is 5.80. The van der Waals surface area contributed by atoms with Crippen molar-refractivity contribution in [3.63, 3.8) is 0 Å². The van der Waals surface area contributed by atoms with Crippen LogP contribution in [0.15, 0.2) is 12.1 Å². The van der Waals surface area contributed by atoms with E-state index >= 15 is 0 Å². The van der Waals surface area contributed by atoms with Gasteiger partial charge in [-0.2, -0.15) is 0 Å². The third-order valence-electron chi connectivity index (χ3n) is 4.33. The zero-order valence-corrected chi connectivity index (χ0v) is 12.2. The topological polar surface area (TPSA) is 29.3 Å². The second kappa shape index (κ2) is 5.41. The van der Waals surface area contributed by atoms with Gasteiger partial charge in [0, 0.05) is 19.1 Å². The second-order valence-electron chi connectivity index (χ2n) is 5.99. The van der Waals surface area contributed by atoms with Gasteiger partial charge in [0.1, 0.15) is 0 Å². The van der Waals surface area contributed by atoms with Crippen molar-refractivity contribution >= 4 is 0 Å². The van der Waals surface area contributed by atoms with Crippen molar-refractivity contribution in [2.45, 2.75) is 46.7 Å². The highest BCUT2D eigenvalue weighted by molar-refractivity contribution is 5.37. The SMILES string of the molecule is Cc1cc(C)c(CN2CC(CN)CC2C)c(C)c1. The molecule has 0 radical (unpaired) electrons. The fourth-order valence-electron chi connectivity index (χ4n) is 3.27. The number of nitrogens with zero attached hydrogens (tertiary/aromatic N) is 1. The summed E-state index contributed by atoms with van der Waals surface area (Å²) in [6.07, 6.45) is 1.25. The zero-order chi connectivity index (χ0) is 13.3. The van der Waals surface area contributed by atoms with Crippen molar-refractivity contribution < 1.29 is 0 Å². The van der Waals surface area contributed by atoms with Crippen LogP contribution in [-0.4, -0.2) is 24.0 Å². The third kappa shape index (κ3) is 2.76. The lowest BCUT2D eigenvalue weighted by Gasteiger charge is -2.23. The molecule has 1 aliphatic heterocycles.